The summed E-state index contributed by atoms with van der Waals surface area (Å²) in [5.41, 5.74) is 3.61. The lowest BCUT2D eigenvalue weighted by Gasteiger charge is -2.17. The highest BCUT2D eigenvalue weighted by molar-refractivity contribution is 6.07. The van der Waals surface area contributed by atoms with Gasteiger partial charge in [0.25, 0.3) is 0 Å². The van der Waals surface area contributed by atoms with Crippen molar-refractivity contribution in [3.05, 3.63) is 47.0 Å². The van der Waals surface area contributed by atoms with E-state index in [0.717, 1.165) is 22.4 Å². The lowest BCUT2D eigenvalue weighted by atomic mass is 9.85. The molecule has 154 valence electrons. The Balaban J connectivity index is 1.64. The summed E-state index contributed by atoms with van der Waals surface area (Å²) in [7, 11) is 3.18. The Morgan fingerprint density at radius 3 is 2.62 bits per heavy atom. The molecular formula is C22H27N3O4. The van der Waals surface area contributed by atoms with Gasteiger partial charge in [0.1, 0.15) is 0 Å². The normalized spacial score (nSPS) is 14.2. The molecule has 0 aliphatic carbocycles. The van der Waals surface area contributed by atoms with Crippen LogP contribution < -0.4 is 25.4 Å². The van der Waals surface area contributed by atoms with Gasteiger partial charge >= 0.3 is 0 Å². The molecule has 2 amide bonds. The number of carbonyl (C=O) groups is 2. The Labute approximate surface area is 170 Å². The molecule has 1 aliphatic heterocycles. The van der Waals surface area contributed by atoms with E-state index in [4.69, 9.17) is 9.47 Å². The predicted octanol–water partition coefficient (Wildman–Crippen LogP) is 2.97. The highest BCUT2D eigenvalue weighted by atomic mass is 16.5. The van der Waals surface area contributed by atoms with E-state index >= 15 is 0 Å². The largest absolute Gasteiger partial charge is 0.493 e. The second kappa shape index (κ2) is 8.13. The molecule has 29 heavy (non-hydrogen) atoms. The van der Waals surface area contributed by atoms with Gasteiger partial charge in [-0.25, -0.2) is 0 Å². The zero-order valence-corrected chi connectivity index (χ0v) is 17.4. The third kappa shape index (κ3) is 4.05. The lowest BCUT2D eigenvalue weighted by Crippen LogP contribution is -2.28. The number of methoxy groups -OCH3 is 2. The molecule has 0 radical (unpaired) electrons. The van der Waals surface area contributed by atoms with Crippen molar-refractivity contribution in [3.63, 3.8) is 0 Å². The van der Waals surface area contributed by atoms with Gasteiger partial charge in [0.15, 0.2) is 11.5 Å². The second-order valence-corrected chi connectivity index (χ2v) is 7.60. The zero-order chi connectivity index (χ0) is 21.2. The Bertz CT molecular complexity index is 953. The van der Waals surface area contributed by atoms with Crippen LogP contribution in [0.4, 0.5) is 11.4 Å². The van der Waals surface area contributed by atoms with Gasteiger partial charge < -0.3 is 25.4 Å². The van der Waals surface area contributed by atoms with Gasteiger partial charge in [-0.15, -0.1) is 0 Å². The Kier molecular flexibility index (Phi) is 5.79. The number of hydrogen-bond acceptors (Lipinski definition) is 5. The molecule has 0 saturated heterocycles. The molecule has 1 aliphatic rings. The van der Waals surface area contributed by atoms with Gasteiger partial charge in [-0.3, -0.25) is 9.59 Å². The number of nitrogens with one attached hydrogen (secondary N) is 3. The van der Waals surface area contributed by atoms with Gasteiger partial charge in [0, 0.05) is 23.5 Å². The van der Waals surface area contributed by atoms with Crippen molar-refractivity contribution in [2.45, 2.75) is 32.7 Å². The number of hydrogen-bond donors (Lipinski definition) is 3. The molecule has 7 nitrogen and oxygen atoms in total. The van der Waals surface area contributed by atoms with Crippen LogP contribution in [0, 0.1) is 6.92 Å². The fourth-order valence-electron chi connectivity index (χ4n) is 3.52. The summed E-state index contributed by atoms with van der Waals surface area (Å²) >= 11 is 0. The Morgan fingerprint density at radius 2 is 1.93 bits per heavy atom. The van der Waals surface area contributed by atoms with E-state index < -0.39 is 5.41 Å². The number of carbonyl (C=O) groups excluding carboxylic acids is 2. The van der Waals surface area contributed by atoms with Crippen LogP contribution in [0.1, 0.15) is 30.5 Å². The molecule has 0 saturated carbocycles. The minimum atomic E-state index is -0.623. The topological polar surface area (TPSA) is 88.7 Å². The van der Waals surface area contributed by atoms with E-state index in [1.165, 1.54) is 0 Å². The lowest BCUT2D eigenvalue weighted by molar-refractivity contribution is -0.119. The van der Waals surface area contributed by atoms with Gasteiger partial charge in [0.2, 0.25) is 11.8 Å². The molecule has 0 fully saturated rings. The van der Waals surface area contributed by atoms with E-state index in [9.17, 15) is 9.59 Å². The fraction of sp³-hybridized carbons (Fsp3) is 0.364. The predicted molar refractivity (Wildman–Crippen MR) is 113 cm³/mol. The second-order valence-electron chi connectivity index (χ2n) is 7.60. The van der Waals surface area contributed by atoms with Crippen LogP contribution in [-0.2, 0) is 21.5 Å². The number of fused-ring (bicyclic) bond motifs is 1. The average molecular weight is 397 g/mol. The number of ether oxygens (including phenoxy) is 2. The molecule has 0 atom stereocenters. The van der Waals surface area contributed by atoms with Crippen LogP contribution in [0.2, 0.25) is 0 Å². The number of rotatable bonds is 7. The van der Waals surface area contributed by atoms with E-state index in [2.05, 4.69) is 16.0 Å². The average Bonchev–Trinajstić information content (AvgIpc) is 2.91. The number of anilines is 2. The van der Waals surface area contributed by atoms with Crippen molar-refractivity contribution in [3.8, 4) is 11.5 Å². The maximum Gasteiger partial charge on any atom is 0.238 e. The van der Waals surface area contributed by atoms with Crippen LogP contribution in [0.25, 0.3) is 0 Å². The molecule has 0 bridgehead atoms. The van der Waals surface area contributed by atoms with Crippen molar-refractivity contribution in [2.75, 3.05) is 31.4 Å². The monoisotopic (exact) mass is 397 g/mol. The van der Waals surface area contributed by atoms with E-state index in [-0.39, 0.29) is 18.4 Å². The standard InChI is InChI=1S/C22H27N3O4/c1-13-9-15(10-16-19(13)25-21(27)22(16,2)3)24-18(26)12-23-11-14-7-6-8-17(28-4)20(14)29-5/h6-10,23H,11-12H2,1-5H3,(H,24,26)(H,25,27). The van der Waals surface area contributed by atoms with Crippen molar-refractivity contribution in [1.82, 2.24) is 5.32 Å². The summed E-state index contributed by atoms with van der Waals surface area (Å²) in [5, 5.41) is 8.95. The van der Waals surface area contributed by atoms with Gasteiger partial charge in [0.05, 0.1) is 26.2 Å². The number of aryl methyl sites for hydroxylation is 1. The third-order valence-corrected chi connectivity index (χ3v) is 5.18. The van der Waals surface area contributed by atoms with Crippen LogP contribution in [0.3, 0.4) is 0 Å². The molecule has 2 aromatic rings. The number of benzene rings is 2. The highest BCUT2D eigenvalue weighted by Crippen LogP contribution is 2.41. The van der Waals surface area contributed by atoms with E-state index in [1.807, 2.05) is 51.1 Å². The number of para-hydroxylation sites is 1. The van der Waals surface area contributed by atoms with E-state index in [1.54, 1.807) is 14.2 Å². The van der Waals surface area contributed by atoms with Crippen molar-refractivity contribution >= 4 is 23.2 Å². The fourth-order valence-corrected chi connectivity index (χ4v) is 3.52. The summed E-state index contributed by atoms with van der Waals surface area (Å²) in [6, 6.07) is 9.35. The molecule has 0 aromatic heterocycles. The minimum absolute atomic E-state index is 0.0343. The first-order chi connectivity index (χ1) is 13.8. The smallest absolute Gasteiger partial charge is 0.238 e. The molecule has 1 heterocycles. The van der Waals surface area contributed by atoms with Crippen LogP contribution in [0.15, 0.2) is 30.3 Å². The summed E-state index contributed by atoms with van der Waals surface area (Å²) < 4.78 is 10.7. The first kappa shape index (κ1) is 20.7. The molecule has 2 aromatic carbocycles. The molecule has 3 N–H and O–H groups in total. The number of amides is 2. The maximum absolute atomic E-state index is 12.4. The summed E-state index contributed by atoms with van der Waals surface area (Å²) in [5.74, 6) is 1.10. The third-order valence-electron chi connectivity index (χ3n) is 5.18. The molecule has 0 spiro atoms. The van der Waals surface area contributed by atoms with Crippen molar-refractivity contribution < 1.29 is 19.1 Å². The molecule has 0 unspecified atom stereocenters. The van der Waals surface area contributed by atoms with Crippen LogP contribution in [0.5, 0.6) is 11.5 Å². The summed E-state index contributed by atoms with van der Waals surface area (Å²) in [6.07, 6.45) is 0. The zero-order valence-electron chi connectivity index (χ0n) is 17.4. The Morgan fingerprint density at radius 1 is 1.17 bits per heavy atom. The molecule has 7 heteroatoms. The summed E-state index contributed by atoms with van der Waals surface area (Å²) in [6.45, 7) is 6.27. The minimum Gasteiger partial charge on any atom is -0.493 e. The highest BCUT2D eigenvalue weighted by Gasteiger charge is 2.39. The van der Waals surface area contributed by atoms with Crippen LogP contribution in [-0.4, -0.2) is 32.6 Å². The first-order valence-corrected chi connectivity index (χ1v) is 9.45. The van der Waals surface area contributed by atoms with Crippen LogP contribution >= 0.6 is 0 Å². The van der Waals surface area contributed by atoms with Crippen molar-refractivity contribution in [2.24, 2.45) is 0 Å². The molecule has 3 rings (SSSR count). The first-order valence-electron chi connectivity index (χ1n) is 9.45. The van der Waals surface area contributed by atoms with Gasteiger partial charge in [-0.2, -0.15) is 0 Å². The maximum atomic E-state index is 12.4. The van der Waals surface area contributed by atoms with E-state index in [0.29, 0.717) is 23.7 Å². The quantitative estimate of drug-likeness (QED) is 0.668. The SMILES string of the molecule is COc1cccc(CNCC(=O)Nc2cc(C)c3c(c2)C(C)(C)C(=O)N3)c1OC. The van der Waals surface area contributed by atoms with Crippen molar-refractivity contribution in [1.29, 1.82) is 0 Å². The molecular weight excluding hydrogens is 370 g/mol. The summed E-state index contributed by atoms with van der Waals surface area (Å²) in [4.78, 5) is 24.6. The van der Waals surface area contributed by atoms with Gasteiger partial charge in [-0.05, 0) is 50.1 Å². The Hall–Kier alpha value is -3.06. The van der Waals surface area contributed by atoms with Gasteiger partial charge in [-0.1, -0.05) is 12.1 Å².